The monoisotopic (exact) mass is 353 g/mol. The van der Waals surface area contributed by atoms with E-state index in [1.165, 1.54) is 12.1 Å². The molecule has 2 aromatic carbocycles. The van der Waals surface area contributed by atoms with Crippen LogP contribution in [-0.4, -0.2) is 19.8 Å². The number of alkyl halides is 3. The van der Waals surface area contributed by atoms with Crippen molar-refractivity contribution in [2.24, 2.45) is 0 Å². The normalized spacial score (nSPS) is 11.2. The Balaban J connectivity index is 1.94. The molecule has 0 heterocycles. The fourth-order valence-electron chi connectivity index (χ4n) is 2.37. The molecule has 0 aliphatic heterocycles. The molecule has 2 aromatic rings. The van der Waals surface area contributed by atoms with Crippen molar-refractivity contribution < 1.29 is 22.6 Å². The van der Waals surface area contributed by atoms with Gasteiger partial charge in [0.1, 0.15) is 0 Å². The zero-order valence-electron chi connectivity index (χ0n) is 14.3. The van der Waals surface area contributed by atoms with Gasteiger partial charge in [0.2, 0.25) is 0 Å². The van der Waals surface area contributed by atoms with Gasteiger partial charge in [-0.3, -0.25) is 0 Å². The van der Waals surface area contributed by atoms with Gasteiger partial charge in [0.25, 0.3) is 0 Å². The minimum atomic E-state index is -4.30. The fourth-order valence-corrected chi connectivity index (χ4v) is 2.37. The largest absolute Gasteiger partial charge is 0.490 e. The van der Waals surface area contributed by atoms with Gasteiger partial charge in [0.15, 0.2) is 11.5 Å². The average molecular weight is 353 g/mol. The van der Waals surface area contributed by atoms with Gasteiger partial charge in [-0.1, -0.05) is 12.1 Å². The van der Waals surface area contributed by atoms with E-state index in [0.29, 0.717) is 37.7 Å². The second-order valence-electron chi connectivity index (χ2n) is 5.40. The summed E-state index contributed by atoms with van der Waals surface area (Å²) in [6, 6.07) is 10.8. The predicted molar refractivity (Wildman–Crippen MR) is 92.4 cm³/mol. The second kappa shape index (κ2) is 8.65. The third-order valence-electron chi connectivity index (χ3n) is 3.57. The Bertz CT molecular complexity index is 669. The summed E-state index contributed by atoms with van der Waals surface area (Å²) < 4.78 is 48.7. The van der Waals surface area contributed by atoms with Crippen molar-refractivity contribution in [2.75, 3.05) is 25.1 Å². The van der Waals surface area contributed by atoms with Crippen molar-refractivity contribution in [1.82, 2.24) is 0 Å². The van der Waals surface area contributed by atoms with E-state index in [9.17, 15) is 13.2 Å². The van der Waals surface area contributed by atoms with Crippen molar-refractivity contribution in [3.05, 3.63) is 53.6 Å². The smallest absolute Gasteiger partial charge is 0.416 e. The summed E-state index contributed by atoms with van der Waals surface area (Å²) in [5.74, 6) is 1.36. The first-order valence-corrected chi connectivity index (χ1v) is 8.23. The van der Waals surface area contributed by atoms with Gasteiger partial charge in [0.05, 0.1) is 18.8 Å². The lowest BCUT2D eigenvalue weighted by molar-refractivity contribution is -0.137. The third kappa shape index (κ3) is 5.59. The lowest BCUT2D eigenvalue weighted by Gasteiger charge is -2.13. The summed E-state index contributed by atoms with van der Waals surface area (Å²) in [5, 5.41) is 3.25. The highest BCUT2D eigenvalue weighted by Crippen LogP contribution is 2.31. The van der Waals surface area contributed by atoms with Crippen LogP contribution in [0.2, 0.25) is 0 Å². The lowest BCUT2D eigenvalue weighted by Crippen LogP contribution is -2.07. The molecule has 3 nitrogen and oxygen atoms in total. The van der Waals surface area contributed by atoms with Gasteiger partial charge >= 0.3 is 6.18 Å². The first kappa shape index (κ1) is 19.0. The predicted octanol–water partition coefficient (Wildman–Crippen LogP) is 5.16. The van der Waals surface area contributed by atoms with Crippen molar-refractivity contribution >= 4 is 5.69 Å². The van der Waals surface area contributed by atoms with E-state index >= 15 is 0 Å². The van der Waals surface area contributed by atoms with Crippen LogP contribution in [0, 0.1) is 0 Å². The molecule has 0 atom stereocenters. The summed E-state index contributed by atoms with van der Waals surface area (Å²) in [6.45, 7) is 5.51. The lowest BCUT2D eigenvalue weighted by atomic mass is 10.1. The second-order valence-corrected chi connectivity index (χ2v) is 5.40. The molecule has 0 spiro atoms. The van der Waals surface area contributed by atoms with Crippen LogP contribution in [0.1, 0.15) is 25.0 Å². The quantitative estimate of drug-likeness (QED) is 0.711. The molecule has 0 aliphatic carbocycles. The molecule has 0 aromatic heterocycles. The standard InChI is InChI=1S/C19H22F3NO2/c1-3-24-17-10-9-16(13-18(17)25-4-2)23-12-11-14-5-7-15(8-6-14)19(20,21)22/h5-10,13,23H,3-4,11-12H2,1-2H3. The van der Waals surface area contributed by atoms with Gasteiger partial charge in [-0.15, -0.1) is 0 Å². The van der Waals surface area contributed by atoms with Crippen LogP contribution < -0.4 is 14.8 Å². The number of anilines is 1. The molecule has 25 heavy (non-hydrogen) atoms. The van der Waals surface area contributed by atoms with Crippen molar-refractivity contribution in [3.63, 3.8) is 0 Å². The molecule has 6 heteroatoms. The van der Waals surface area contributed by atoms with E-state index in [1.54, 1.807) is 0 Å². The Kier molecular flexibility index (Phi) is 6.56. The number of hydrogen-bond acceptors (Lipinski definition) is 3. The highest BCUT2D eigenvalue weighted by Gasteiger charge is 2.29. The van der Waals surface area contributed by atoms with Crippen LogP contribution >= 0.6 is 0 Å². The van der Waals surface area contributed by atoms with E-state index in [1.807, 2.05) is 32.0 Å². The molecule has 0 radical (unpaired) electrons. The molecule has 1 N–H and O–H groups in total. The third-order valence-corrected chi connectivity index (χ3v) is 3.57. The summed E-state index contributed by atoms with van der Waals surface area (Å²) in [6.07, 6.45) is -3.68. The first-order chi connectivity index (χ1) is 11.9. The van der Waals surface area contributed by atoms with E-state index < -0.39 is 11.7 Å². The fraction of sp³-hybridized carbons (Fsp3) is 0.368. The number of hydrogen-bond donors (Lipinski definition) is 1. The van der Waals surface area contributed by atoms with Gasteiger partial charge in [0, 0.05) is 18.3 Å². The maximum absolute atomic E-state index is 12.5. The Morgan fingerprint density at radius 2 is 1.52 bits per heavy atom. The SMILES string of the molecule is CCOc1ccc(NCCc2ccc(C(F)(F)F)cc2)cc1OCC. The van der Waals surface area contributed by atoms with Crippen LogP contribution in [0.5, 0.6) is 11.5 Å². The van der Waals surface area contributed by atoms with Gasteiger partial charge in [-0.05, 0) is 50.1 Å². The zero-order valence-corrected chi connectivity index (χ0v) is 14.3. The highest BCUT2D eigenvalue weighted by molar-refractivity contribution is 5.54. The van der Waals surface area contributed by atoms with Crippen LogP contribution in [-0.2, 0) is 12.6 Å². The molecule has 0 unspecified atom stereocenters. The van der Waals surface area contributed by atoms with Gasteiger partial charge in [-0.2, -0.15) is 13.2 Å². The van der Waals surface area contributed by atoms with Crippen LogP contribution in [0.3, 0.4) is 0 Å². The summed E-state index contributed by atoms with van der Waals surface area (Å²) in [5.41, 5.74) is 1.09. The molecule has 0 amide bonds. The number of nitrogens with one attached hydrogen (secondary N) is 1. The molecule has 0 saturated heterocycles. The van der Waals surface area contributed by atoms with E-state index in [4.69, 9.17) is 9.47 Å². The minimum absolute atomic E-state index is 0.537. The van der Waals surface area contributed by atoms with Gasteiger partial charge in [-0.25, -0.2) is 0 Å². The van der Waals surface area contributed by atoms with Crippen LogP contribution in [0.4, 0.5) is 18.9 Å². The number of benzene rings is 2. The molecule has 136 valence electrons. The van der Waals surface area contributed by atoms with E-state index in [0.717, 1.165) is 23.4 Å². The average Bonchev–Trinajstić information content (AvgIpc) is 2.57. The van der Waals surface area contributed by atoms with Crippen molar-refractivity contribution in [3.8, 4) is 11.5 Å². The van der Waals surface area contributed by atoms with Crippen molar-refractivity contribution in [2.45, 2.75) is 26.4 Å². The summed E-state index contributed by atoms with van der Waals surface area (Å²) >= 11 is 0. The number of halogens is 3. The number of rotatable bonds is 8. The molecule has 0 fully saturated rings. The maximum Gasteiger partial charge on any atom is 0.416 e. The zero-order chi connectivity index (χ0) is 18.3. The highest BCUT2D eigenvalue weighted by atomic mass is 19.4. The maximum atomic E-state index is 12.5. The van der Waals surface area contributed by atoms with Crippen LogP contribution in [0.15, 0.2) is 42.5 Å². The molecule has 0 bridgehead atoms. The van der Waals surface area contributed by atoms with Crippen LogP contribution in [0.25, 0.3) is 0 Å². The molecule has 0 saturated carbocycles. The number of ether oxygens (including phenoxy) is 2. The molecular formula is C19H22F3NO2. The Morgan fingerprint density at radius 3 is 2.12 bits per heavy atom. The van der Waals surface area contributed by atoms with Crippen molar-refractivity contribution in [1.29, 1.82) is 0 Å². The van der Waals surface area contributed by atoms with Gasteiger partial charge < -0.3 is 14.8 Å². The molecule has 0 aliphatic rings. The molecule has 2 rings (SSSR count). The Labute approximate surface area is 145 Å². The Morgan fingerprint density at radius 1 is 0.880 bits per heavy atom. The van der Waals surface area contributed by atoms with E-state index in [-0.39, 0.29) is 0 Å². The summed E-state index contributed by atoms with van der Waals surface area (Å²) in [4.78, 5) is 0. The Hall–Kier alpha value is -2.37. The van der Waals surface area contributed by atoms with E-state index in [2.05, 4.69) is 5.32 Å². The minimum Gasteiger partial charge on any atom is -0.490 e. The first-order valence-electron chi connectivity index (χ1n) is 8.23. The molecular weight excluding hydrogens is 331 g/mol. The summed E-state index contributed by atoms with van der Waals surface area (Å²) in [7, 11) is 0. The topological polar surface area (TPSA) is 30.5 Å².